The molecule has 1 aliphatic rings. The average molecular weight is 368 g/mol. The second-order valence-corrected chi connectivity index (χ2v) is 7.92. The van der Waals surface area contributed by atoms with E-state index in [1.165, 1.54) is 10.6 Å². The molecule has 1 heterocycles. The van der Waals surface area contributed by atoms with Gasteiger partial charge in [0.1, 0.15) is 0 Å². The number of hydrogen-bond donors (Lipinski definition) is 1. The van der Waals surface area contributed by atoms with E-state index < -0.39 is 10.0 Å². The maximum absolute atomic E-state index is 11.5. The molecule has 1 fully saturated rings. The highest BCUT2D eigenvalue weighted by molar-refractivity contribution is 7.88. The van der Waals surface area contributed by atoms with Crippen molar-refractivity contribution < 1.29 is 8.42 Å². The molecular weight excluding hydrogens is 353 g/mol. The summed E-state index contributed by atoms with van der Waals surface area (Å²) in [4.78, 5) is 1.91. The van der Waals surface area contributed by atoms with Crippen LogP contribution < -0.4 is 5.32 Å². The zero-order chi connectivity index (χ0) is 15.6. The molecule has 5 nitrogen and oxygen atoms in total. The molecule has 0 bridgehead atoms. The van der Waals surface area contributed by atoms with E-state index in [0.717, 1.165) is 0 Å². The molecule has 0 aromatic heterocycles. The van der Waals surface area contributed by atoms with Gasteiger partial charge < -0.3 is 10.2 Å². The van der Waals surface area contributed by atoms with Crippen LogP contribution in [0.3, 0.4) is 0 Å². The molecule has 0 spiro atoms. The molecule has 1 aromatic carbocycles. The predicted octanol–water partition coefficient (Wildman–Crippen LogP) is 2.27. The zero-order valence-corrected chi connectivity index (χ0v) is 14.5. The van der Waals surface area contributed by atoms with E-state index in [-0.39, 0.29) is 0 Å². The van der Waals surface area contributed by atoms with Crippen LogP contribution in [0.15, 0.2) is 18.2 Å². The standard InChI is InChI=1S/C12H15Cl2N3O2S2/c1-21(18,19)17-6-4-16(5-7-17)12(20)15-11-8-9(13)2-3-10(11)14/h2-3,8H,4-7H2,1H3,(H,15,20). The normalized spacial score (nSPS) is 16.8. The van der Waals surface area contributed by atoms with Crippen molar-refractivity contribution in [2.45, 2.75) is 0 Å². The summed E-state index contributed by atoms with van der Waals surface area (Å²) < 4.78 is 24.4. The average Bonchev–Trinajstić information content (AvgIpc) is 2.42. The van der Waals surface area contributed by atoms with Gasteiger partial charge in [-0.3, -0.25) is 0 Å². The Hall–Kier alpha value is -0.600. The van der Waals surface area contributed by atoms with Gasteiger partial charge in [0.15, 0.2) is 5.11 Å². The summed E-state index contributed by atoms with van der Waals surface area (Å²) in [5.74, 6) is 0. The second-order valence-electron chi connectivity index (χ2n) is 4.70. The summed E-state index contributed by atoms with van der Waals surface area (Å²) in [6, 6.07) is 5.09. The molecule has 0 radical (unpaired) electrons. The molecule has 116 valence electrons. The fourth-order valence-electron chi connectivity index (χ4n) is 2.01. The molecule has 0 unspecified atom stereocenters. The molecule has 0 saturated carbocycles. The smallest absolute Gasteiger partial charge is 0.211 e. The third kappa shape index (κ3) is 4.43. The van der Waals surface area contributed by atoms with Crippen LogP contribution in [0.1, 0.15) is 0 Å². The Morgan fingerprint density at radius 3 is 2.43 bits per heavy atom. The van der Waals surface area contributed by atoms with E-state index in [4.69, 9.17) is 35.4 Å². The van der Waals surface area contributed by atoms with Gasteiger partial charge in [0.25, 0.3) is 0 Å². The molecule has 1 N–H and O–H groups in total. The number of anilines is 1. The van der Waals surface area contributed by atoms with Gasteiger partial charge in [-0.2, -0.15) is 4.31 Å². The van der Waals surface area contributed by atoms with E-state index in [9.17, 15) is 8.42 Å². The largest absolute Gasteiger partial charge is 0.346 e. The third-order valence-electron chi connectivity index (χ3n) is 3.16. The van der Waals surface area contributed by atoms with Gasteiger partial charge in [-0.05, 0) is 30.4 Å². The summed E-state index contributed by atoms with van der Waals surface area (Å²) in [6.45, 7) is 1.92. The van der Waals surface area contributed by atoms with Crippen LogP contribution in [0.25, 0.3) is 0 Å². The minimum absolute atomic E-state index is 0.421. The Bertz CT molecular complexity index is 644. The lowest BCUT2D eigenvalue weighted by Gasteiger charge is -2.34. The highest BCUT2D eigenvalue weighted by Crippen LogP contribution is 2.25. The first-order valence-electron chi connectivity index (χ1n) is 6.23. The van der Waals surface area contributed by atoms with Crippen molar-refractivity contribution in [1.29, 1.82) is 0 Å². The molecule has 0 amide bonds. The number of hydrogen-bond acceptors (Lipinski definition) is 3. The Morgan fingerprint density at radius 2 is 1.86 bits per heavy atom. The second kappa shape index (κ2) is 6.66. The van der Waals surface area contributed by atoms with Crippen molar-refractivity contribution in [2.24, 2.45) is 0 Å². The van der Waals surface area contributed by atoms with Crippen LogP contribution in [0, 0.1) is 0 Å². The van der Waals surface area contributed by atoms with Crippen LogP contribution >= 0.6 is 35.4 Å². The van der Waals surface area contributed by atoms with Gasteiger partial charge in [0.05, 0.1) is 17.0 Å². The summed E-state index contributed by atoms with van der Waals surface area (Å²) in [5, 5.41) is 4.64. The zero-order valence-electron chi connectivity index (χ0n) is 11.3. The van der Waals surface area contributed by atoms with Crippen molar-refractivity contribution in [3.05, 3.63) is 28.2 Å². The number of sulfonamides is 1. The van der Waals surface area contributed by atoms with Crippen LogP contribution in [0.2, 0.25) is 10.0 Å². The van der Waals surface area contributed by atoms with Crippen LogP contribution in [-0.2, 0) is 10.0 Å². The lowest BCUT2D eigenvalue weighted by Crippen LogP contribution is -2.51. The number of halogens is 2. The molecule has 0 aliphatic carbocycles. The van der Waals surface area contributed by atoms with Crippen LogP contribution in [0.5, 0.6) is 0 Å². The first kappa shape index (κ1) is 16.8. The monoisotopic (exact) mass is 367 g/mol. The SMILES string of the molecule is CS(=O)(=O)N1CCN(C(=S)Nc2cc(Cl)ccc2Cl)CC1. The first-order valence-corrected chi connectivity index (χ1v) is 9.25. The minimum atomic E-state index is -3.14. The Labute approximate surface area is 139 Å². The number of rotatable bonds is 2. The van der Waals surface area contributed by atoms with Gasteiger partial charge in [-0.1, -0.05) is 23.2 Å². The van der Waals surface area contributed by atoms with Crippen LogP contribution in [0.4, 0.5) is 5.69 Å². The highest BCUT2D eigenvalue weighted by Gasteiger charge is 2.24. The van der Waals surface area contributed by atoms with E-state index >= 15 is 0 Å². The number of benzene rings is 1. The fraction of sp³-hybridized carbons (Fsp3) is 0.417. The van der Waals surface area contributed by atoms with E-state index in [0.29, 0.717) is 47.0 Å². The van der Waals surface area contributed by atoms with Gasteiger partial charge in [0.2, 0.25) is 10.0 Å². The molecule has 1 aliphatic heterocycles. The topological polar surface area (TPSA) is 52.7 Å². The van der Waals surface area contributed by atoms with Crippen molar-refractivity contribution in [1.82, 2.24) is 9.21 Å². The quantitative estimate of drug-likeness (QED) is 0.812. The van der Waals surface area contributed by atoms with Gasteiger partial charge in [0, 0.05) is 31.2 Å². The van der Waals surface area contributed by atoms with Crippen molar-refractivity contribution in [2.75, 3.05) is 37.8 Å². The van der Waals surface area contributed by atoms with E-state index in [1.54, 1.807) is 18.2 Å². The number of thiocarbonyl (C=S) groups is 1. The molecule has 21 heavy (non-hydrogen) atoms. The van der Waals surface area contributed by atoms with E-state index in [2.05, 4.69) is 5.32 Å². The molecule has 9 heteroatoms. The molecule has 2 rings (SSSR count). The highest BCUT2D eigenvalue weighted by atomic mass is 35.5. The van der Waals surface area contributed by atoms with Crippen molar-refractivity contribution in [3.63, 3.8) is 0 Å². The molecule has 1 saturated heterocycles. The minimum Gasteiger partial charge on any atom is -0.346 e. The first-order chi connectivity index (χ1) is 9.77. The van der Waals surface area contributed by atoms with Gasteiger partial charge >= 0.3 is 0 Å². The lowest BCUT2D eigenvalue weighted by atomic mass is 10.3. The molecule has 0 atom stereocenters. The maximum atomic E-state index is 11.5. The van der Waals surface area contributed by atoms with Crippen LogP contribution in [-0.4, -0.2) is 55.2 Å². The number of piperazine rings is 1. The lowest BCUT2D eigenvalue weighted by molar-refractivity contribution is 0.270. The Morgan fingerprint density at radius 1 is 1.24 bits per heavy atom. The predicted molar refractivity (Wildman–Crippen MR) is 90.7 cm³/mol. The summed E-state index contributed by atoms with van der Waals surface area (Å²) in [6.07, 6.45) is 1.21. The Kier molecular flexibility index (Phi) is 5.32. The Balaban J connectivity index is 1.98. The summed E-state index contributed by atoms with van der Waals surface area (Å²) >= 11 is 17.3. The van der Waals surface area contributed by atoms with Gasteiger partial charge in [-0.15, -0.1) is 0 Å². The van der Waals surface area contributed by atoms with Gasteiger partial charge in [-0.25, -0.2) is 8.42 Å². The van der Waals surface area contributed by atoms with Crippen molar-refractivity contribution >= 4 is 56.2 Å². The number of nitrogens with one attached hydrogen (secondary N) is 1. The maximum Gasteiger partial charge on any atom is 0.211 e. The number of nitrogens with zero attached hydrogens (tertiary/aromatic N) is 2. The molecule has 1 aromatic rings. The van der Waals surface area contributed by atoms with Crippen molar-refractivity contribution in [3.8, 4) is 0 Å². The molecular formula is C12H15Cl2N3O2S2. The fourth-order valence-corrected chi connectivity index (χ4v) is 3.47. The summed E-state index contributed by atoms with van der Waals surface area (Å²) in [5.41, 5.74) is 0.639. The summed E-state index contributed by atoms with van der Waals surface area (Å²) in [7, 11) is -3.14. The van der Waals surface area contributed by atoms with E-state index in [1.807, 2.05) is 4.90 Å². The third-order valence-corrected chi connectivity index (χ3v) is 5.39.